The number of nitrogens with zero attached hydrogens (tertiary/aromatic N) is 5. The van der Waals surface area contributed by atoms with Crippen molar-refractivity contribution in [2.24, 2.45) is 10.9 Å². The van der Waals surface area contributed by atoms with Crippen LogP contribution < -0.4 is 5.32 Å². The summed E-state index contributed by atoms with van der Waals surface area (Å²) in [6.07, 6.45) is 7.47. The second-order valence-corrected chi connectivity index (χ2v) is 6.33. The minimum absolute atomic E-state index is 0.248. The van der Waals surface area contributed by atoms with Gasteiger partial charge >= 0.3 is 0 Å². The van der Waals surface area contributed by atoms with Crippen molar-refractivity contribution in [1.29, 1.82) is 5.41 Å². The Morgan fingerprint density at radius 2 is 2.10 bits per heavy atom. The largest absolute Gasteiger partial charge is 0.352 e. The van der Waals surface area contributed by atoms with Crippen molar-refractivity contribution in [1.82, 2.24) is 25.3 Å². The van der Waals surface area contributed by atoms with E-state index in [1.807, 2.05) is 13.0 Å². The third-order valence-electron chi connectivity index (χ3n) is 4.12. The molecule has 0 spiro atoms. The van der Waals surface area contributed by atoms with Gasteiger partial charge in [0, 0.05) is 24.9 Å². The maximum Gasteiger partial charge on any atom is 0.253 e. The zero-order valence-electron chi connectivity index (χ0n) is 15.8. The minimum atomic E-state index is -0.434. The third-order valence-corrected chi connectivity index (χ3v) is 4.12. The van der Waals surface area contributed by atoms with Crippen molar-refractivity contribution < 1.29 is 9.18 Å². The fourth-order valence-corrected chi connectivity index (χ4v) is 2.61. The SMILES string of the molecule is Cc1ccc(-n2nccn2)c(C(=O)NCCC(C=N)C=Nc2ccc(F)cn2)c1. The van der Waals surface area contributed by atoms with Crippen LogP contribution in [0.15, 0.2) is 53.9 Å². The molecule has 0 saturated heterocycles. The van der Waals surface area contributed by atoms with Gasteiger partial charge in [0.05, 0.1) is 29.8 Å². The summed E-state index contributed by atoms with van der Waals surface area (Å²) < 4.78 is 12.9. The first-order valence-corrected chi connectivity index (χ1v) is 8.98. The molecular formula is C20H20FN7O. The van der Waals surface area contributed by atoms with Crippen LogP contribution in [0.4, 0.5) is 10.2 Å². The van der Waals surface area contributed by atoms with E-state index in [0.717, 1.165) is 11.8 Å². The maximum atomic E-state index is 12.9. The topological polar surface area (TPSA) is 109 Å². The van der Waals surface area contributed by atoms with Gasteiger partial charge in [-0.3, -0.25) is 4.79 Å². The standard InChI is InChI=1S/C20H20FN7O/c1-14-2-4-18(28-26-8-9-27-28)17(10-14)20(29)23-7-6-15(11-22)12-24-19-5-3-16(21)13-25-19/h2-5,8-13,15,22H,6-7H2,1H3,(H,23,29). The minimum Gasteiger partial charge on any atom is -0.352 e. The van der Waals surface area contributed by atoms with Crippen LogP contribution in [0.3, 0.4) is 0 Å². The van der Waals surface area contributed by atoms with Crippen LogP contribution in [0.2, 0.25) is 0 Å². The third kappa shape index (κ3) is 5.38. The van der Waals surface area contributed by atoms with E-state index in [9.17, 15) is 9.18 Å². The number of hydrogen-bond acceptors (Lipinski definition) is 6. The molecule has 1 amide bonds. The predicted molar refractivity (Wildman–Crippen MR) is 108 cm³/mol. The molecule has 0 aliphatic heterocycles. The lowest BCUT2D eigenvalue weighted by molar-refractivity contribution is 0.0952. The van der Waals surface area contributed by atoms with Crippen LogP contribution in [0.25, 0.3) is 5.69 Å². The summed E-state index contributed by atoms with van der Waals surface area (Å²) in [5.41, 5.74) is 2.00. The normalized spacial score (nSPS) is 12.1. The molecule has 2 N–H and O–H groups in total. The number of nitrogens with one attached hydrogen (secondary N) is 2. The molecule has 9 heteroatoms. The molecule has 29 heavy (non-hydrogen) atoms. The lowest BCUT2D eigenvalue weighted by atomic mass is 10.1. The molecular weight excluding hydrogens is 373 g/mol. The number of benzene rings is 1. The van der Waals surface area contributed by atoms with Gasteiger partial charge in [0.2, 0.25) is 0 Å². The zero-order chi connectivity index (χ0) is 20.6. The highest BCUT2D eigenvalue weighted by atomic mass is 19.1. The number of aromatic nitrogens is 4. The van der Waals surface area contributed by atoms with Gasteiger partial charge in [-0.25, -0.2) is 14.4 Å². The summed E-state index contributed by atoms with van der Waals surface area (Å²) in [6, 6.07) is 8.20. The van der Waals surface area contributed by atoms with Gasteiger partial charge in [0.15, 0.2) is 5.82 Å². The lowest BCUT2D eigenvalue weighted by Crippen LogP contribution is -2.28. The number of aryl methyl sites for hydroxylation is 1. The first kappa shape index (κ1) is 20.0. The van der Waals surface area contributed by atoms with E-state index in [1.54, 1.807) is 30.7 Å². The van der Waals surface area contributed by atoms with Crippen molar-refractivity contribution in [2.75, 3.05) is 6.54 Å². The second-order valence-electron chi connectivity index (χ2n) is 6.33. The van der Waals surface area contributed by atoms with Gasteiger partial charge in [-0.2, -0.15) is 15.0 Å². The quantitative estimate of drug-likeness (QED) is 0.574. The van der Waals surface area contributed by atoms with Crippen LogP contribution >= 0.6 is 0 Å². The Bertz CT molecular complexity index is 1000. The highest BCUT2D eigenvalue weighted by molar-refractivity contribution is 5.98. The zero-order valence-corrected chi connectivity index (χ0v) is 15.8. The van der Waals surface area contributed by atoms with Crippen LogP contribution in [0.5, 0.6) is 0 Å². The number of amides is 1. The molecule has 1 atom stereocenters. The Balaban J connectivity index is 1.61. The predicted octanol–water partition coefficient (Wildman–Crippen LogP) is 2.90. The van der Waals surface area contributed by atoms with E-state index in [1.165, 1.54) is 23.1 Å². The van der Waals surface area contributed by atoms with Crippen LogP contribution in [-0.2, 0) is 0 Å². The van der Waals surface area contributed by atoms with Crippen molar-refractivity contribution in [3.8, 4) is 5.69 Å². The Hall–Kier alpha value is -3.75. The van der Waals surface area contributed by atoms with Crippen LogP contribution in [0.1, 0.15) is 22.3 Å². The van der Waals surface area contributed by atoms with Crippen molar-refractivity contribution in [2.45, 2.75) is 13.3 Å². The van der Waals surface area contributed by atoms with Gasteiger partial charge in [-0.15, -0.1) is 0 Å². The van der Waals surface area contributed by atoms with E-state index in [0.29, 0.717) is 30.0 Å². The molecule has 3 aromatic rings. The summed E-state index contributed by atoms with van der Waals surface area (Å²) >= 11 is 0. The van der Waals surface area contributed by atoms with Gasteiger partial charge in [-0.05, 0) is 37.6 Å². The van der Waals surface area contributed by atoms with Gasteiger partial charge in [0.1, 0.15) is 5.82 Å². The Morgan fingerprint density at radius 3 is 2.79 bits per heavy atom. The molecule has 0 fully saturated rings. The number of carbonyl (C=O) groups is 1. The first-order chi connectivity index (χ1) is 14.1. The van der Waals surface area contributed by atoms with E-state index >= 15 is 0 Å². The number of pyridine rings is 1. The summed E-state index contributed by atoms with van der Waals surface area (Å²) in [5.74, 6) is -0.608. The van der Waals surface area contributed by atoms with E-state index in [2.05, 4.69) is 25.5 Å². The molecule has 3 rings (SSSR count). The van der Waals surface area contributed by atoms with Crippen molar-refractivity contribution in [3.05, 3.63) is 65.9 Å². The Morgan fingerprint density at radius 1 is 1.31 bits per heavy atom. The van der Waals surface area contributed by atoms with Crippen LogP contribution in [-0.4, -0.2) is 44.9 Å². The molecule has 2 heterocycles. The molecule has 148 valence electrons. The van der Waals surface area contributed by atoms with Gasteiger partial charge < -0.3 is 10.7 Å². The molecule has 0 radical (unpaired) electrons. The Kier molecular flexibility index (Phi) is 6.51. The molecule has 1 aromatic carbocycles. The molecule has 1 unspecified atom stereocenters. The molecule has 0 bridgehead atoms. The van der Waals surface area contributed by atoms with E-state index in [-0.39, 0.29) is 11.8 Å². The molecule has 0 aliphatic carbocycles. The highest BCUT2D eigenvalue weighted by Gasteiger charge is 2.14. The summed E-state index contributed by atoms with van der Waals surface area (Å²) in [6.45, 7) is 2.25. The van der Waals surface area contributed by atoms with Gasteiger partial charge in [-0.1, -0.05) is 11.6 Å². The first-order valence-electron chi connectivity index (χ1n) is 8.98. The van der Waals surface area contributed by atoms with Crippen LogP contribution in [0, 0.1) is 24.1 Å². The van der Waals surface area contributed by atoms with Gasteiger partial charge in [0.25, 0.3) is 5.91 Å². The second kappa shape index (κ2) is 9.45. The molecule has 0 saturated carbocycles. The number of hydrogen-bond donors (Lipinski definition) is 2. The lowest BCUT2D eigenvalue weighted by Gasteiger charge is -2.11. The smallest absolute Gasteiger partial charge is 0.253 e. The maximum absolute atomic E-state index is 12.9. The fourth-order valence-electron chi connectivity index (χ4n) is 2.61. The van der Waals surface area contributed by atoms with Crippen molar-refractivity contribution >= 4 is 24.2 Å². The Labute approximate surface area is 167 Å². The highest BCUT2D eigenvalue weighted by Crippen LogP contribution is 2.15. The number of carbonyl (C=O) groups excluding carboxylic acids is 1. The molecule has 0 aliphatic rings. The van der Waals surface area contributed by atoms with E-state index < -0.39 is 5.82 Å². The fraction of sp³-hybridized carbons (Fsp3) is 0.200. The average molecular weight is 393 g/mol. The number of halogens is 1. The molecule has 2 aromatic heterocycles. The van der Waals surface area contributed by atoms with Crippen molar-refractivity contribution in [3.63, 3.8) is 0 Å². The molecule has 8 nitrogen and oxygen atoms in total. The number of aliphatic imine (C=N–C) groups is 1. The summed E-state index contributed by atoms with van der Waals surface area (Å²) in [7, 11) is 0. The average Bonchev–Trinajstić information content (AvgIpc) is 3.26. The summed E-state index contributed by atoms with van der Waals surface area (Å²) in [5, 5.41) is 18.6. The number of rotatable bonds is 8. The van der Waals surface area contributed by atoms with E-state index in [4.69, 9.17) is 5.41 Å². The monoisotopic (exact) mass is 393 g/mol. The summed E-state index contributed by atoms with van der Waals surface area (Å²) in [4.78, 5) is 22.1.